The van der Waals surface area contributed by atoms with Gasteiger partial charge >= 0.3 is 0 Å². The predicted molar refractivity (Wildman–Crippen MR) is 107 cm³/mol. The molecule has 0 aromatic heterocycles. The zero-order chi connectivity index (χ0) is 18.4. The van der Waals surface area contributed by atoms with Crippen LogP contribution in [0.15, 0.2) is 53.4 Å². The molecule has 2 aromatic rings. The Hall–Kier alpha value is -2.04. The van der Waals surface area contributed by atoms with Crippen LogP contribution in [-0.2, 0) is 16.0 Å². The summed E-state index contributed by atoms with van der Waals surface area (Å²) in [6, 6.07) is 15.8. The topological polar surface area (TPSA) is 43.4 Å². The number of hydrogen-bond acceptors (Lipinski definition) is 4. The summed E-state index contributed by atoms with van der Waals surface area (Å²) in [7, 11) is 0. The number of benzene rings is 2. The van der Waals surface area contributed by atoms with Crippen molar-refractivity contribution in [2.75, 3.05) is 6.61 Å². The van der Waals surface area contributed by atoms with Crippen LogP contribution in [0.3, 0.4) is 0 Å². The monoisotopic (exact) mass is 386 g/mol. The Bertz CT molecular complexity index is 830. The average Bonchev–Trinajstić information content (AvgIpc) is 2.95. The van der Waals surface area contributed by atoms with Crippen LogP contribution in [0.4, 0.5) is 0 Å². The molecule has 134 valence electrons. The molecule has 2 aromatic carbocycles. The van der Waals surface area contributed by atoms with Crippen LogP contribution < -0.4 is 4.74 Å². The van der Waals surface area contributed by atoms with Crippen LogP contribution in [0.2, 0.25) is 5.02 Å². The number of ketones is 1. The molecule has 1 saturated heterocycles. The Kier molecular flexibility index (Phi) is 6.53. The molecule has 1 heterocycles. The van der Waals surface area contributed by atoms with Crippen molar-refractivity contribution in [2.24, 2.45) is 0 Å². The van der Waals surface area contributed by atoms with Gasteiger partial charge in [-0.05, 0) is 54.3 Å². The molecule has 0 N–H and O–H groups in total. The molecular formula is C21H19ClO3S. The number of hydrogen-bond donors (Lipinski definition) is 0. The first-order valence-electron chi connectivity index (χ1n) is 8.54. The molecule has 1 fully saturated rings. The van der Waals surface area contributed by atoms with E-state index < -0.39 is 0 Å². The second-order valence-electron chi connectivity index (χ2n) is 6.03. The van der Waals surface area contributed by atoms with Gasteiger partial charge in [0.05, 0.1) is 23.0 Å². The fraction of sp³-hybridized carbons (Fsp3) is 0.238. The van der Waals surface area contributed by atoms with Crippen molar-refractivity contribution in [3.63, 3.8) is 0 Å². The molecule has 26 heavy (non-hydrogen) atoms. The van der Waals surface area contributed by atoms with Crippen LogP contribution in [0.1, 0.15) is 30.4 Å². The third kappa shape index (κ3) is 4.99. The van der Waals surface area contributed by atoms with E-state index in [1.54, 1.807) is 6.08 Å². The Morgan fingerprint density at radius 1 is 1.04 bits per heavy atom. The summed E-state index contributed by atoms with van der Waals surface area (Å²) < 4.78 is 5.81. The van der Waals surface area contributed by atoms with Crippen molar-refractivity contribution in [1.82, 2.24) is 0 Å². The number of unbranched alkanes of at least 4 members (excludes halogenated alkanes) is 1. The van der Waals surface area contributed by atoms with E-state index >= 15 is 0 Å². The number of ether oxygens (including phenoxy) is 1. The number of Topliss-reactive ketones (excluding diaryl/α,β-unsaturated/α-hetero) is 1. The quantitative estimate of drug-likeness (QED) is 0.367. The molecule has 0 spiro atoms. The fourth-order valence-electron chi connectivity index (χ4n) is 2.69. The lowest BCUT2D eigenvalue weighted by Crippen LogP contribution is -1.99. The van der Waals surface area contributed by atoms with Gasteiger partial charge in [0.2, 0.25) is 5.12 Å². The fourth-order valence-corrected chi connectivity index (χ4v) is 3.75. The van der Waals surface area contributed by atoms with E-state index in [4.69, 9.17) is 16.3 Å². The molecule has 0 aliphatic carbocycles. The van der Waals surface area contributed by atoms with E-state index in [1.165, 1.54) is 5.56 Å². The largest absolute Gasteiger partial charge is 0.492 e. The minimum Gasteiger partial charge on any atom is -0.492 e. The second kappa shape index (κ2) is 9.06. The number of carbonyl (C=O) groups excluding carboxylic acids is 2. The summed E-state index contributed by atoms with van der Waals surface area (Å²) in [4.78, 5) is 23.6. The van der Waals surface area contributed by atoms with Gasteiger partial charge in [0, 0.05) is 0 Å². The Labute approximate surface area is 162 Å². The van der Waals surface area contributed by atoms with Crippen molar-refractivity contribution >= 4 is 40.3 Å². The molecule has 5 heteroatoms. The average molecular weight is 387 g/mol. The van der Waals surface area contributed by atoms with E-state index in [-0.39, 0.29) is 17.3 Å². The molecule has 0 bridgehead atoms. The highest BCUT2D eigenvalue weighted by Crippen LogP contribution is 2.35. The van der Waals surface area contributed by atoms with Crippen molar-refractivity contribution in [1.29, 1.82) is 0 Å². The lowest BCUT2D eigenvalue weighted by molar-refractivity contribution is -0.119. The Balaban J connectivity index is 1.55. The molecule has 0 atom stereocenters. The van der Waals surface area contributed by atoms with Crippen LogP contribution in [0.5, 0.6) is 5.75 Å². The van der Waals surface area contributed by atoms with Crippen molar-refractivity contribution < 1.29 is 14.3 Å². The summed E-state index contributed by atoms with van der Waals surface area (Å²) in [5.74, 6) is 0.450. The highest BCUT2D eigenvalue weighted by molar-refractivity contribution is 8.18. The zero-order valence-electron chi connectivity index (χ0n) is 14.2. The number of allylic oxidation sites excluding steroid dienone is 1. The molecule has 3 nitrogen and oxygen atoms in total. The summed E-state index contributed by atoms with van der Waals surface area (Å²) in [6.07, 6.45) is 4.63. The van der Waals surface area contributed by atoms with Gasteiger partial charge in [-0.25, -0.2) is 0 Å². The van der Waals surface area contributed by atoms with Crippen LogP contribution >= 0.6 is 23.4 Å². The number of rotatable bonds is 7. The molecule has 1 aliphatic heterocycles. The summed E-state index contributed by atoms with van der Waals surface area (Å²) in [5.41, 5.74) is 2.02. The molecular weight excluding hydrogens is 368 g/mol. The smallest absolute Gasteiger partial charge is 0.201 e. The third-order valence-corrected chi connectivity index (χ3v) is 5.39. The van der Waals surface area contributed by atoms with Crippen LogP contribution in [-0.4, -0.2) is 17.5 Å². The van der Waals surface area contributed by atoms with E-state index in [2.05, 4.69) is 12.1 Å². The highest BCUT2D eigenvalue weighted by atomic mass is 35.5. The molecule has 0 unspecified atom stereocenters. The predicted octanol–water partition coefficient (Wildman–Crippen LogP) is 5.32. The maximum absolute atomic E-state index is 11.8. The Morgan fingerprint density at radius 3 is 2.58 bits per heavy atom. The number of thioether (sulfide) groups is 1. The first kappa shape index (κ1) is 18.7. The lowest BCUT2D eigenvalue weighted by atomic mass is 10.1. The number of halogens is 1. The maximum atomic E-state index is 11.8. The van der Waals surface area contributed by atoms with E-state index in [0.717, 1.165) is 31.0 Å². The Morgan fingerprint density at radius 2 is 1.85 bits per heavy atom. The standard InChI is InChI=1S/C21H19ClO3S/c22-21-16(13-19-17(23)14-20(24)26-19)10-6-11-18(21)25-12-5-4-9-15-7-2-1-3-8-15/h1-3,6-8,10-11,13H,4-5,9,12,14H2/b19-13-. The van der Waals surface area contributed by atoms with Crippen LogP contribution in [0.25, 0.3) is 6.08 Å². The van der Waals surface area contributed by atoms with Gasteiger partial charge < -0.3 is 4.74 Å². The van der Waals surface area contributed by atoms with Gasteiger partial charge in [-0.2, -0.15) is 0 Å². The second-order valence-corrected chi connectivity index (χ2v) is 7.51. The number of aryl methyl sites for hydroxylation is 1. The van der Waals surface area contributed by atoms with Gasteiger partial charge in [-0.1, -0.05) is 54.1 Å². The van der Waals surface area contributed by atoms with Gasteiger partial charge in [-0.15, -0.1) is 0 Å². The number of carbonyl (C=O) groups is 2. The minimum absolute atomic E-state index is 0.0360. The van der Waals surface area contributed by atoms with E-state index in [9.17, 15) is 9.59 Å². The lowest BCUT2D eigenvalue weighted by Gasteiger charge is -2.10. The molecule has 0 radical (unpaired) electrons. The van der Waals surface area contributed by atoms with Gasteiger partial charge in [-0.3, -0.25) is 9.59 Å². The third-order valence-electron chi connectivity index (χ3n) is 4.04. The first-order valence-corrected chi connectivity index (χ1v) is 9.74. The normalized spacial score (nSPS) is 15.7. The molecule has 3 rings (SSSR count). The molecule has 0 amide bonds. The van der Waals surface area contributed by atoms with E-state index in [1.807, 2.05) is 36.4 Å². The van der Waals surface area contributed by atoms with Crippen molar-refractivity contribution in [2.45, 2.75) is 25.7 Å². The highest BCUT2D eigenvalue weighted by Gasteiger charge is 2.26. The summed E-state index contributed by atoms with van der Waals surface area (Å²) in [6.45, 7) is 0.582. The summed E-state index contributed by atoms with van der Waals surface area (Å²) in [5, 5.41) is 0.346. The van der Waals surface area contributed by atoms with E-state index in [0.29, 0.717) is 27.8 Å². The minimum atomic E-state index is -0.150. The van der Waals surface area contributed by atoms with Crippen molar-refractivity contribution in [3.8, 4) is 5.75 Å². The summed E-state index contributed by atoms with van der Waals surface area (Å²) >= 11 is 7.38. The molecule has 0 saturated carbocycles. The van der Waals surface area contributed by atoms with Crippen LogP contribution in [0, 0.1) is 0 Å². The van der Waals surface area contributed by atoms with Gasteiger partial charge in [0.15, 0.2) is 5.78 Å². The van der Waals surface area contributed by atoms with Gasteiger partial charge in [0.25, 0.3) is 0 Å². The first-order chi connectivity index (χ1) is 12.6. The zero-order valence-corrected chi connectivity index (χ0v) is 15.8. The molecule has 1 aliphatic rings. The SMILES string of the molecule is O=C1CC(=O)/C(=C/c2cccc(OCCCCc3ccccc3)c2Cl)S1. The van der Waals surface area contributed by atoms with Gasteiger partial charge in [0.1, 0.15) is 5.75 Å². The van der Waals surface area contributed by atoms with Crippen molar-refractivity contribution in [3.05, 3.63) is 69.6 Å². The maximum Gasteiger partial charge on any atom is 0.201 e.